The SMILES string of the molecule is COc1ccc(OC)c(-c2nc(-c3ccccc3)c(-c3ccccc3)n2CCO)c1. The summed E-state index contributed by atoms with van der Waals surface area (Å²) >= 11 is 0. The third kappa shape index (κ3) is 3.67. The van der Waals surface area contributed by atoms with E-state index in [1.54, 1.807) is 14.2 Å². The summed E-state index contributed by atoms with van der Waals surface area (Å²) in [5.41, 5.74) is 4.66. The molecule has 0 aliphatic carbocycles. The second kappa shape index (κ2) is 8.84. The van der Waals surface area contributed by atoms with E-state index in [0.717, 1.165) is 33.9 Å². The largest absolute Gasteiger partial charge is 0.497 e. The smallest absolute Gasteiger partial charge is 0.145 e. The van der Waals surface area contributed by atoms with Gasteiger partial charge in [0, 0.05) is 17.7 Å². The van der Waals surface area contributed by atoms with Crippen molar-refractivity contribution >= 4 is 0 Å². The molecule has 0 saturated carbocycles. The first kappa shape index (κ1) is 19.7. The van der Waals surface area contributed by atoms with Gasteiger partial charge in [-0.3, -0.25) is 0 Å². The third-order valence-electron chi connectivity index (χ3n) is 5.03. The molecule has 0 unspecified atom stereocenters. The van der Waals surface area contributed by atoms with E-state index in [-0.39, 0.29) is 6.61 Å². The summed E-state index contributed by atoms with van der Waals surface area (Å²) in [4.78, 5) is 5.05. The molecule has 152 valence electrons. The molecule has 0 radical (unpaired) electrons. The lowest BCUT2D eigenvalue weighted by Crippen LogP contribution is -2.07. The maximum atomic E-state index is 9.86. The van der Waals surface area contributed by atoms with Gasteiger partial charge in [-0.05, 0) is 18.2 Å². The van der Waals surface area contributed by atoms with Crippen LogP contribution in [0.25, 0.3) is 33.9 Å². The predicted molar refractivity (Wildman–Crippen MR) is 119 cm³/mol. The van der Waals surface area contributed by atoms with Crippen LogP contribution in [0.3, 0.4) is 0 Å². The summed E-state index contributed by atoms with van der Waals surface area (Å²) < 4.78 is 13.1. The molecule has 0 atom stereocenters. The van der Waals surface area contributed by atoms with Gasteiger partial charge in [-0.1, -0.05) is 60.7 Å². The number of hydrogen-bond acceptors (Lipinski definition) is 4. The van der Waals surface area contributed by atoms with E-state index in [1.807, 2.05) is 66.7 Å². The number of aliphatic hydroxyl groups is 1. The van der Waals surface area contributed by atoms with Crippen LogP contribution in [-0.4, -0.2) is 35.5 Å². The van der Waals surface area contributed by atoms with Crippen LogP contribution < -0.4 is 9.47 Å². The number of hydrogen-bond donors (Lipinski definition) is 1. The van der Waals surface area contributed by atoms with E-state index in [1.165, 1.54) is 0 Å². The Bertz CT molecular complexity index is 1120. The van der Waals surface area contributed by atoms with Gasteiger partial charge in [-0.25, -0.2) is 4.98 Å². The fraction of sp³-hybridized carbons (Fsp3) is 0.160. The molecule has 3 aromatic carbocycles. The zero-order valence-electron chi connectivity index (χ0n) is 17.1. The average Bonchev–Trinajstić information content (AvgIpc) is 3.19. The Morgan fingerprint density at radius 2 is 1.50 bits per heavy atom. The van der Waals surface area contributed by atoms with E-state index in [4.69, 9.17) is 14.5 Å². The molecule has 5 heteroatoms. The third-order valence-corrected chi connectivity index (χ3v) is 5.03. The fourth-order valence-electron chi connectivity index (χ4n) is 3.65. The number of methoxy groups -OCH3 is 2. The highest BCUT2D eigenvalue weighted by atomic mass is 16.5. The minimum atomic E-state index is -0.0102. The van der Waals surface area contributed by atoms with Crippen molar-refractivity contribution in [2.24, 2.45) is 0 Å². The zero-order chi connectivity index (χ0) is 20.9. The van der Waals surface area contributed by atoms with Crippen LogP contribution in [0.4, 0.5) is 0 Å². The second-order valence-corrected chi connectivity index (χ2v) is 6.81. The van der Waals surface area contributed by atoms with Crippen molar-refractivity contribution in [3.05, 3.63) is 78.9 Å². The monoisotopic (exact) mass is 400 g/mol. The standard InChI is InChI=1S/C25H24N2O3/c1-29-20-13-14-22(30-2)21(17-20)25-26-23(18-9-5-3-6-10-18)24(27(25)15-16-28)19-11-7-4-8-12-19/h3-14,17,28H,15-16H2,1-2H3. The zero-order valence-corrected chi connectivity index (χ0v) is 17.1. The van der Waals surface area contributed by atoms with E-state index in [0.29, 0.717) is 18.0 Å². The van der Waals surface area contributed by atoms with Gasteiger partial charge in [-0.15, -0.1) is 0 Å². The first-order valence-corrected chi connectivity index (χ1v) is 9.81. The predicted octanol–water partition coefficient (Wildman–Crippen LogP) is 4.89. The molecule has 5 nitrogen and oxygen atoms in total. The van der Waals surface area contributed by atoms with Gasteiger partial charge in [0.25, 0.3) is 0 Å². The molecule has 0 spiro atoms. The number of imidazole rings is 1. The average molecular weight is 400 g/mol. The fourth-order valence-corrected chi connectivity index (χ4v) is 3.65. The van der Waals surface area contributed by atoms with Gasteiger partial charge < -0.3 is 19.1 Å². The molecule has 0 amide bonds. The molecule has 4 aromatic rings. The lowest BCUT2D eigenvalue weighted by Gasteiger charge is -2.14. The molecule has 0 saturated heterocycles. The minimum Gasteiger partial charge on any atom is -0.497 e. The summed E-state index contributed by atoms with van der Waals surface area (Å²) in [6.45, 7) is 0.392. The van der Waals surface area contributed by atoms with Crippen LogP contribution in [0.1, 0.15) is 0 Å². The van der Waals surface area contributed by atoms with Gasteiger partial charge >= 0.3 is 0 Å². The van der Waals surface area contributed by atoms with Gasteiger partial charge in [0.1, 0.15) is 17.3 Å². The highest BCUT2D eigenvalue weighted by Gasteiger charge is 2.23. The maximum absolute atomic E-state index is 9.86. The van der Waals surface area contributed by atoms with E-state index in [9.17, 15) is 5.11 Å². The highest BCUT2D eigenvalue weighted by Crippen LogP contribution is 2.40. The van der Waals surface area contributed by atoms with Crippen molar-refractivity contribution in [2.45, 2.75) is 6.54 Å². The number of nitrogens with zero attached hydrogens (tertiary/aromatic N) is 2. The highest BCUT2D eigenvalue weighted by molar-refractivity contribution is 5.83. The van der Waals surface area contributed by atoms with Crippen molar-refractivity contribution in [2.75, 3.05) is 20.8 Å². The molecule has 0 aliphatic heterocycles. The van der Waals surface area contributed by atoms with E-state index >= 15 is 0 Å². The number of benzene rings is 3. The van der Waals surface area contributed by atoms with Gasteiger partial charge in [0.15, 0.2) is 0 Å². The van der Waals surface area contributed by atoms with Gasteiger partial charge in [-0.2, -0.15) is 0 Å². The lowest BCUT2D eigenvalue weighted by atomic mass is 10.0. The van der Waals surface area contributed by atoms with Crippen molar-refractivity contribution in [3.63, 3.8) is 0 Å². The van der Waals surface area contributed by atoms with E-state index < -0.39 is 0 Å². The van der Waals surface area contributed by atoms with Crippen molar-refractivity contribution in [1.82, 2.24) is 9.55 Å². The topological polar surface area (TPSA) is 56.5 Å². The van der Waals surface area contributed by atoms with Gasteiger partial charge in [0.2, 0.25) is 0 Å². The molecule has 1 N–H and O–H groups in total. The molecule has 0 bridgehead atoms. The Hall–Kier alpha value is -3.57. The number of aromatic nitrogens is 2. The molecular formula is C25H24N2O3. The Morgan fingerprint density at radius 3 is 2.10 bits per heavy atom. The van der Waals surface area contributed by atoms with Crippen LogP contribution in [0.15, 0.2) is 78.9 Å². The second-order valence-electron chi connectivity index (χ2n) is 6.81. The first-order valence-electron chi connectivity index (χ1n) is 9.81. The Kier molecular flexibility index (Phi) is 5.82. The quantitative estimate of drug-likeness (QED) is 0.480. The molecule has 0 aliphatic rings. The van der Waals surface area contributed by atoms with Crippen LogP contribution in [0.2, 0.25) is 0 Å². The molecule has 30 heavy (non-hydrogen) atoms. The number of ether oxygens (including phenoxy) is 2. The molecular weight excluding hydrogens is 376 g/mol. The summed E-state index contributed by atoms with van der Waals surface area (Å²) in [5.74, 6) is 2.13. The summed E-state index contributed by atoms with van der Waals surface area (Å²) in [5, 5.41) is 9.86. The van der Waals surface area contributed by atoms with Crippen LogP contribution >= 0.6 is 0 Å². The summed E-state index contributed by atoms with van der Waals surface area (Å²) in [6.07, 6.45) is 0. The number of rotatable bonds is 7. The molecule has 4 rings (SSSR count). The Morgan fingerprint density at radius 1 is 0.833 bits per heavy atom. The Labute approximate surface area is 176 Å². The van der Waals surface area contributed by atoms with Crippen molar-refractivity contribution in [1.29, 1.82) is 0 Å². The Balaban J connectivity index is 2.05. The summed E-state index contributed by atoms with van der Waals surface area (Å²) in [6, 6.07) is 25.9. The minimum absolute atomic E-state index is 0.0102. The van der Waals surface area contributed by atoms with Crippen LogP contribution in [0.5, 0.6) is 11.5 Å². The van der Waals surface area contributed by atoms with Crippen LogP contribution in [-0.2, 0) is 6.54 Å². The van der Waals surface area contributed by atoms with Crippen molar-refractivity contribution < 1.29 is 14.6 Å². The first-order chi connectivity index (χ1) is 14.8. The lowest BCUT2D eigenvalue weighted by molar-refractivity contribution is 0.277. The normalized spacial score (nSPS) is 10.8. The van der Waals surface area contributed by atoms with Crippen LogP contribution in [0, 0.1) is 0 Å². The van der Waals surface area contributed by atoms with E-state index in [2.05, 4.69) is 16.7 Å². The van der Waals surface area contributed by atoms with Crippen molar-refractivity contribution in [3.8, 4) is 45.4 Å². The molecule has 1 aromatic heterocycles. The maximum Gasteiger partial charge on any atom is 0.145 e. The molecule has 1 heterocycles. The molecule has 0 fully saturated rings. The van der Waals surface area contributed by atoms with Gasteiger partial charge in [0.05, 0.1) is 37.8 Å². The summed E-state index contributed by atoms with van der Waals surface area (Å²) in [7, 11) is 3.28. The number of aliphatic hydroxyl groups excluding tert-OH is 1.